The summed E-state index contributed by atoms with van der Waals surface area (Å²) in [5, 5.41) is 10.9. The maximum Gasteiger partial charge on any atom is 0.345 e. The number of sulfonamides is 1. The summed E-state index contributed by atoms with van der Waals surface area (Å²) >= 11 is 5.53. The Labute approximate surface area is 139 Å². The third-order valence-corrected chi connectivity index (χ3v) is 7.77. The number of aromatic carboxylic acids is 1. The van der Waals surface area contributed by atoms with E-state index >= 15 is 0 Å². The molecule has 5 nitrogen and oxygen atoms in total. The van der Waals surface area contributed by atoms with Crippen LogP contribution in [-0.4, -0.2) is 30.3 Å². The van der Waals surface area contributed by atoms with Crippen LogP contribution in [0.15, 0.2) is 32.3 Å². The first-order chi connectivity index (χ1) is 9.86. The summed E-state index contributed by atoms with van der Waals surface area (Å²) in [7, 11) is -3.73. The molecule has 0 fully saturated rings. The monoisotopic (exact) mass is 409 g/mol. The standard InChI is InChI=1S/C12H12BrNO4S3/c1-2-14(7-8-4-3-5-19-8)21(17,18)10-6-9(12(15)16)20-11(10)13/h3-6H,2,7H2,1H3,(H,15,16). The molecule has 0 saturated carbocycles. The summed E-state index contributed by atoms with van der Waals surface area (Å²) in [6.45, 7) is 2.34. The number of hydrogen-bond donors (Lipinski definition) is 1. The first-order valence-corrected chi connectivity index (χ1v) is 9.84. The fraction of sp³-hybridized carbons (Fsp3) is 0.250. The van der Waals surface area contributed by atoms with E-state index < -0.39 is 16.0 Å². The van der Waals surface area contributed by atoms with Crippen LogP contribution in [0.5, 0.6) is 0 Å². The molecule has 0 amide bonds. The highest BCUT2D eigenvalue weighted by molar-refractivity contribution is 9.11. The predicted molar refractivity (Wildman–Crippen MR) is 86.6 cm³/mol. The van der Waals surface area contributed by atoms with Crippen LogP contribution in [0.4, 0.5) is 0 Å². The van der Waals surface area contributed by atoms with Gasteiger partial charge in [0, 0.05) is 18.0 Å². The molecule has 0 spiro atoms. The first kappa shape index (κ1) is 16.6. The van der Waals surface area contributed by atoms with Crippen molar-refractivity contribution in [3.05, 3.63) is 37.1 Å². The van der Waals surface area contributed by atoms with Crippen molar-refractivity contribution in [2.75, 3.05) is 6.54 Å². The zero-order valence-corrected chi connectivity index (χ0v) is 15.0. The van der Waals surface area contributed by atoms with E-state index in [1.165, 1.54) is 21.7 Å². The Hall–Kier alpha value is -0.740. The Kier molecular flexibility index (Phi) is 5.20. The Morgan fingerprint density at radius 2 is 2.19 bits per heavy atom. The van der Waals surface area contributed by atoms with Crippen LogP contribution in [0.25, 0.3) is 0 Å². The van der Waals surface area contributed by atoms with Crippen LogP contribution in [0.2, 0.25) is 0 Å². The van der Waals surface area contributed by atoms with Gasteiger partial charge in [-0.1, -0.05) is 13.0 Å². The largest absolute Gasteiger partial charge is 0.477 e. The molecule has 21 heavy (non-hydrogen) atoms. The third kappa shape index (κ3) is 3.54. The van der Waals surface area contributed by atoms with Crippen LogP contribution in [-0.2, 0) is 16.6 Å². The summed E-state index contributed by atoms with van der Waals surface area (Å²) in [6.07, 6.45) is 0. The van der Waals surface area contributed by atoms with Crippen molar-refractivity contribution in [1.29, 1.82) is 0 Å². The molecule has 0 aromatic carbocycles. The lowest BCUT2D eigenvalue weighted by Crippen LogP contribution is -2.30. The van der Waals surface area contributed by atoms with Gasteiger partial charge in [0.25, 0.3) is 0 Å². The SMILES string of the molecule is CCN(Cc1cccs1)S(=O)(=O)c1cc(C(=O)O)sc1Br. The highest BCUT2D eigenvalue weighted by Crippen LogP contribution is 2.34. The second-order valence-corrected chi connectivity index (χ2v) is 9.37. The van der Waals surface area contributed by atoms with Gasteiger partial charge in [0.2, 0.25) is 10.0 Å². The minimum atomic E-state index is -3.73. The summed E-state index contributed by atoms with van der Waals surface area (Å²) in [6, 6.07) is 4.93. The summed E-state index contributed by atoms with van der Waals surface area (Å²) in [5.74, 6) is -1.14. The van der Waals surface area contributed by atoms with Gasteiger partial charge in [0.05, 0.1) is 3.79 Å². The molecule has 114 valence electrons. The van der Waals surface area contributed by atoms with Crippen molar-refractivity contribution in [1.82, 2.24) is 4.31 Å². The van der Waals surface area contributed by atoms with Gasteiger partial charge >= 0.3 is 5.97 Å². The average molecular weight is 410 g/mol. The highest BCUT2D eigenvalue weighted by Gasteiger charge is 2.28. The second-order valence-electron chi connectivity index (χ2n) is 4.06. The quantitative estimate of drug-likeness (QED) is 0.791. The summed E-state index contributed by atoms with van der Waals surface area (Å²) < 4.78 is 27.0. The van der Waals surface area contributed by atoms with Crippen LogP contribution in [0.1, 0.15) is 21.5 Å². The number of rotatable bonds is 6. The molecule has 0 aliphatic rings. The zero-order valence-electron chi connectivity index (χ0n) is 10.9. The molecule has 2 aromatic rings. The zero-order chi connectivity index (χ0) is 15.6. The van der Waals surface area contributed by atoms with E-state index in [0.29, 0.717) is 10.3 Å². The van der Waals surface area contributed by atoms with E-state index in [2.05, 4.69) is 15.9 Å². The highest BCUT2D eigenvalue weighted by atomic mass is 79.9. The number of carboxylic acids is 1. The molecule has 2 aromatic heterocycles. The van der Waals surface area contributed by atoms with Gasteiger partial charge < -0.3 is 5.11 Å². The van der Waals surface area contributed by atoms with Crippen molar-refractivity contribution >= 4 is 54.6 Å². The number of halogens is 1. The van der Waals surface area contributed by atoms with Crippen LogP contribution in [0.3, 0.4) is 0 Å². The topological polar surface area (TPSA) is 74.7 Å². The molecule has 2 heterocycles. The van der Waals surface area contributed by atoms with Gasteiger partial charge in [-0.25, -0.2) is 13.2 Å². The van der Waals surface area contributed by atoms with Gasteiger partial charge in [-0.05, 0) is 33.4 Å². The van der Waals surface area contributed by atoms with Crippen molar-refractivity contribution < 1.29 is 18.3 Å². The van der Waals surface area contributed by atoms with Gasteiger partial charge in [-0.3, -0.25) is 0 Å². The third-order valence-electron chi connectivity index (χ3n) is 2.75. The molecule has 2 rings (SSSR count). The van der Waals surface area contributed by atoms with Gasteiger partial charge in [0.15, 0.2) is 0 Å². The smallest absolute Gasteiger partial charge is 0.345 e. The Morgan fingerprint density at radius 1 is 1.48 bits per heavy atom. The maximum atomic E-state index is 12.7. The Morgan fingerprint density at radius 3 is 2.67 bits per heavy atom. The number of thiophene rings is 2. The first-order valence-electron chi connectivity index (χ1n) is 5.91. The normalized spacial score (nSPS) is 12.0. The minimum Gasteiger partial charge on any atom is -0.477 e. The van der Waals surface area contributed by atoms with Crippen LogP contribution >= 0.6 is 38.6 Å². The molecule has 0 radical (unpaired) electrons. The van der Waals surface area contributed by atoms with Crippen molar-refractivity contribution in [2.24, 2.45) is 0 Å². The predicted octanol–water partition coefficient (Wildman–Crippen LogP) is 3.48. The lowest BCUT2D eigenvalue weighted by atomic mass is 10.4. The fourth-order valence-corrected chi connectivity index (χ4v) is 6.30. The molecule has 0 saturated heterocycles. The van der Waals surface area contributed by atoms with Crippen molar-refractivity contribution in [2.45, 2.75) is 18.4 Å². The van der Waals surface area contributed by atoms with Gasteiger partial charge in [-0.2, -0.15) is 4.31 Å². The molecule has 0 aliphatic carbocycles. The molecule has 1 N–H and O–H groups in total. The summed E-state index contributed by atoms with van der Waals surface area (Å²) in [5.41, 5.74) is 0. The van der Waals surface area contributed by atoms with E-state index in [0.717, 1.165) is 16.2 Å². The average Bonchev–Trinajstić information content (AvgIpc) is 3.04. The second kappa shape index (κ2) is 6.57. The molecule has 0 atom stereocenters. The van der Waals surface area contributed by atoms with Crippen molar-refractivity contribution in [3.63, 3.8) is 0 Å². The minimum absolute atomic E-state index is 0.00306. The number of carbonyl (C=O) groups is 1. The molecule has 0 bridgehead atoms. The molecule has 9 heteroatoms. The Bertz CT molecular complexity index is 737. The van der Waals surface area contributed by atoms with E-state index in [1.54, 1.807) is 6.92 Å². The molecular formula is C12H12BrNO4S3. The van der Waals surface area contributed by atoms with E-state index in [1.807, 2.05) is 17.5 Å². The van der Waals surface area contributed by atoms with Crippen molar-refractivity contribution in [3.8, 4) is 0 Å². The number of hydrogen-bond acceptors (Lipinski definition) is 5. The molecular weight excluding hydrogens is 398 g/mol. The van der Waals surface area contributed by atoms with Gasteiger partial charge in [-0.15, -0.1) is 22.7 Å². The van der Waals surface area contributed by atoms with Crippen LogP contribution in [0, 0.1) is 0 Å². The lowest BCUT2D eigenvalue weighted by Gasteiger charge is -2.19. The Balaban J connectivity index is 2.37. The fourth-order valence-electron chi connectivity index (χ4n) is 1.72. The number of nitrogens with zero attached hydrogens (tertiary/aromatic N) is 1. The maximum absolute atomic E-state index is 12.7. The lowest BCUT2D eigenvalue weighted by molar-refractivity contribution is 0.0702. The molecule has 0 unspecified atom stereocenters. The van der Waals surface area contributed by atoms with E-state index in [-0.39, 0.29) is 16.3 Å². The summed E-state index contributed by atoms with van der Waals surface area (Å²) in [4.78, 5) is 11.9. The van der Waals surface area contributed by atoms with E-state index in [4.69, 9.17) is 5.11 Å². The number of carboxylic acid groups (broad SMARTS) is 1. The van der Waals surface area contributed by atoms with Gasteiger partial charge in [0.1, 0.15) is 9.77 Å². The molecule has 0 aliphatic heterocycles. The van der Waals surface area contributed by atoms with Crippen LogP contribution < -0.4 is 0 Å². The van der Waals surface area contributed by atoms with E-state index in [9.17, 15) is 13.2 Å².